The summed E-state index contributed by atoms with van der Waals surface area (Å²) in [6.45, 7) is 9.23. The molecule has 2 aromatic heterocycles. The Hall–Kier alpha value is -3.02. The van der Waals surface area contributed by atoms with Crippen LogP contribution in [0.3, 0.4) is 0 Å². The van der Waals surface area contributed by atoms with Crippen molar-refractivity contribution in [3.05, 3.63) is 59.5 Å². The van der Waals surface area contributed by atoms with Crippen molar-refractivity contribution in [3.63, 3.8) is 0 Å². The van der Waals surface area contributed by atoms with Crippen LogP contribution in [0, 0.1) is 18.8 Å². The highest BCUT2D eigenvalue weighted by atomic mass is 16.3. The predicted octanol–water partition coefficient (Wildman–Crippen LogP) is 4.90. The third kappa shape index (κ3) is 3.56. The quantitative estimate of drug-likeness (QED) is 0.619. The molecule has 2 amide bonds. The summed E-state index contributed by atoms with van der Waals surface area (Å²) in [5.74, 6) is 0.776. The van der Waals surface area contributed by atoms with Gasteiger partial charge in [-0.1, -0.05) is 51.0 Å². The molecule has 1 aliphatic heterocycles. The number of carbonyl (C=O) groups is 2. The van der Waals surface area contributed by atoms with E-state index < -0.39 is 5.54 Å². The monoisotopic (exact) mass is 447 g/mol. The maximum absolute atomic E-state index is 13.9. The molecule has 0 saturated heterocycles. The molecule has 174 valence electrons. The SMILES string of the molecule is Cc1ccccc1CN1C(=O)c2cc3occc3n2CC1(C)C(=O)NC1CCCC(C)C1C. The van der Waals surface area contributed by atoms with E-state index in [-0.39, 0.29) is 17.9 Å². The number of hydrogen-bond donors (Lipinski definition) is 1. The first-order chi connectivity index (χ1) is 15.8. The zero-order valence-corrected chi connectivity index (χ0v) is 19.9. The highest BCUT2D eigenvalue weighted by Crippen LogP contribution is 2.35. The molecule has 2 aliphatic rings. The molecule has 5 rings (SSSR count). The van der Waals surface area contributed by atoms with Crippen molar-refractivity contribution in [2.45, 2.75) is 71.6 Å². The molecule has 1 fully saturated rings. The summed E-state index contributed by atoms with van der Waals surface area (Å²) in [6.07, 6.45) is 4.94. The van der Waals surface area contributed by atoms with Gasteiger partial charge in [0.2, 0.25) is 5.91 Å². The van der Waals surface area contributed by atoms with Crippen LogP contribution in [-0.2, 0) is 17.9 Å². The van der Waals surface area contributed by atoms with Gasteiger partial charge in [-0.25, -0.2) is 0 Å². The summed E-state index contributed by atoms with van der Waals surface area (Å²) < 4.78 is 7.52. The lowest BCUT2D eigenvalue weighted by atomic mass is 9.77. The molecular weight excluding hydrogens is 414 g/mol. The number of hydrogen-bond acceptors (Lipinski definition) is 3. The van der Waals surface area contributed by atoms with Gasteiger partial charge in [-0.3, -0.25) is 9.59 Å². The zero-order chi connectivity index (χ0) is 23.3. The van der Waals surface area contributed by atoms with Crippen molar-refractivity contribution in [1.29, 1.82) is 0 Å². The van der Waals surface area contributed by atoms with E-state index in [0.29, 0.717) is 36.2 Å². The number of amides is 2. The summed E-state index contributed by atoms with van der Waals surface area (Å²) in [7, 11) is 0. The molecule has 6 nitrogen and oxygen atoms in total. The summed E-state index contributed by atoms with van der Waals surface area (Å²) in [5, 5.41) is 3.36. The van der Waals surface area contributed by atoms with E-state index in [1.807, 2.05) is 48.7 Å². The standard InChI is InChI=1S/C27H33N3O3/c1-17-9-7-11-21(19(17)3)28-26(32)27(4)16-29-22-12-13-33-24(22)14-23(29)25(31)30(27)15-20-10-6-5-8-18(20)2/h5-6,8,10,12-14,17,19,21H,7,9,11,15-16H2,1-4H3,(H,28,32). The van der Waals surface area contributed by atoms with Crippen LogP contribution < -0.4 is 5.32 Å². The average Bonchev–Trinajstić information content (AvgIpc) is 3.38. The Morgan fingerprint density at radius 1 is 1.21 bits per heavy atom. The van der Waals surface area contributed by atoms with Gasteiger partial charge in [0, 0.05) is 24.7 Å². The van der Waals surface area contributed by atoms with Gasteiger partial charge in [0.05, 0.1) is 18.3 Å². The minimum Gasteiger partial charge on any atom is -0.463 e. The zero-order valence-electron chi connectivity index (χ0n) is 19.9. The van der Waals surface area contributed by atoms with Gasteiger partial charge in [0.15, 0.2) is 5.58 Å². The van der Waals surface area contributed by atoms with E-state index >= 15 is 0 Å². The van der Waals surface area contributed by atoms with Crippen molar-refractivity contribution in [2.24, 2.45) is 11.8 Å². The third-order valence-corrected chi connectivity index (χ3v) is 8.15. The lowest BCUT2D eigenvalue weighted by molar-refractivity contribution is -0.134. The van der Waals surface area contributed by atoms with Gasteiger partial charge in [-0.05, 0) is 43.2 Å². The van der Waals surface area contributed by atoms with Crippen molar-refractivity contribution < 1.29 is 14.0 Å². The number of rotatable bonds is 4. The second-order valence-corrected chi connectivity index (χ2v) is 10.2. The van der Waals surface area contributed by atoms with Crippen LogP contribution in [-0.4, -0.2) is 32.9 Å². The van der Waals surface area contributed by atoms with Crippen LogP contribution in [0.15, 0.2) is 47.1 Å². The fourth-order valence-corrected chi connectivity index (χ4v) is 5.59. The molecule has 1 N–H and O–H groups in total. The Morgan fingerprint density at radius 2 is 2.00 bits per heavy atom. The molecule has 0 spiro atoms. The Labute approximate surface area is 194 Å². The Balaban J connectivity index is 1.54. The first-order valence-corrected chi connectivity index (χ1v) is 12.0. The molecule has 3 aromatic rings. The molecule has 1 saturated carbocycles. The van der Waals surface area contributed by atoms with E-state index in [4.69, 9.17) is 4.42 Å². The Morgan fingerprint density at radius 3 is 2.79 bits per heavy atom. The van der Waals surface area contributed by atoms with E-state index in [2.05, 4.69) is 19.2 Å². The highest BCUT2D eigenvalue weighted by Gasteiger charge is 2.49. The number of furan rings is 1. The smallest absolute Gasteiger partial charge is 0.271 e. The van der Waals surface area contributed by atoms with Crippen molar-refractivity contribution in [1.82, 2.24) is 14.8 Å². The van der Waals surface area contributed by atoms with Crippen molar-refractivity contribution in [3.8, 4) is 0 Å². The van der Waals surface area contributed by atoms with Crippen LogP contribution >= 0.6 is 0 Å². The molecule has 33 heavy (non-hydrogen) atoms. The van der Waals surface area contributed by atoms with Gasteiger partial charge >= 0.3 is 0 Å². The Bertz CT molecular complexity index is 1210. The number of carbonyl (C=O) groups excluding carboxylic acids is 2. The molecule has 3 heterocycles. The lowest BCUT2D eigenvalue weighted by Crippen LogP contribution is -2.65. The van der Waals surface area contributed by atoms with Crippen LogP contribution in [0.25, 0.3) is 11.1 Å². The number of aryl methyl sites for hydroxylation is 1. The molecule has 4 atom stereocenters. The molecule has 4 unspecified atom stereocenters. The fourth-order valence-electron chi connectivity index (χ4n) is 5.59. The minimum absolute atomic E-state index is 0.0774. The normalized spacial score (nSPS) is 27.6. The summed E-state index contributed by atoms with van der Waals surface area (Å²) in [6, 6.07) is 11.8. The second-order valence-electron chi connectivity index (χ2n) is 10.2. The van der Waals surface area contributed by atoms with E-state index in [1.54, 1.807) is 17.2 Å². The Kier molecular flexibility index (Phi) is 5.34. The first-order valence-electron chi connectivity index (χ1n) is 12.0. The second kappa shape index (κ2) is 8.08. The first kappa shape index (κ1) is 21.8. The third-order valence-electron chi connectivity index (χ3n) is 8.15. The number of aromatic nitrogens is 1. The van der Waals surface area contributed by atoms with E-state index in [9.17, 15) is 9.59 Å². The predicted molar refractivity (Wildman–Crippen MR) is 128 cm³/mol. The van der Waals surface area contributed by atoms with Crippen LogP contribution in [0.2, 0.25) is 0 Å². The molecule has 0 bridgehead atoms. The van der Waals surface area contributed by atoms with Gasteiger partial charge in [-0.2, -0.15) is 0 Å². The molecular formula is C27H33N3O3. The minimum atomic E-state index is -1.02. The number of nitrogens with zero attached hydrogens (tertiary/aromatic N) is 2. The summed E-state index contributed by atoms with van der Waals surface area (Å²) >= 11 is 0. The highest BCUT2D eigenvalue weighted by molar-refractivity contribution is 6.02. The summed E-state index contributed by atoms with van der Waals surface area (Å²) in [5.41, 5.74) is 3.24. The lowest BCUT2D eigenvalue weighted by Gasteiger charge is -2.45. The van der Waals surface area contributed by atoms with Crippen molar-refractivity contribution in [2.75, 3.05) is 0 Å². The molecule has 1 aromatic carbocycles. The largest absolute Gasteiger partial charge is 0.463 e. The molecule has 0 radical (unpaired) electrons. The molecule has 1 aliphatic carbocycles. The van der Waals surface area contributed by atoms with Gasteiger partial charge < -0.3 is 19.2 Å². The van der Waals surface area contributed by atoms with Gasteiger partial charge in [-0.15, -0.1) is 0 Å². The molecule has 6 heteroatoms. The number of fused-ring (bicyclic) bond motifs is 3. The van der Waals surface area contributed by atoms with Crippen LogP contribution in [0.1, 0.15) is 61.6 Å². The topological polar surface area (TPSA) is 67.5 Å². The van der Waals surface area contributed by atoms with Crippen molar-refractivity contribution >= 4 is 22.9 Å². The average molecular weight is 448 g/mol. The number of nitrogens with one attached hydrogen (secondary N) is 1. The van der Waals surface area contributed by atoms with E-state index in [1.165, 1.54) is 6.42 Å². The number of benzene rings is 1. The van der Waals surface area contributed by atoms with Gasteiger partial charge in [0.1, 0.15) is 11.2 Å². The van der Waals surface area contributed by atoms with Gasteiger partial charge in [0.25, 0.3) is 5.91 Å². The van der Waals surface area contributed by atoms with Crippen LogP contribution in [0.4, 0.5) is 0 Å². The fraction of sp³-hybridized carbons (Fsp3) is 0.481. The van der Waals surface area contributed by atoms with E-state index in [0.717, 1.165) is 29.5 Å². The summed E-state index contributed by atoms with van der Waals surface area (Å²) in [4.78, 5) is 29.5. The maximum atomic E-state index is 13.9. The maximum Gasteiger partial charge on any atom is 0.271 e. The van der Waals surface area contributed by atoms with Crippen LogP contribution in [0.5, 0.6) is 0 Å².